The summed E-state index contributed by atoms with van der Waals surface area (Å²) in [5.74, 6) is -1.97. The highest BCUT2D eigenvalue weighted by Crippen LogP contribution is 2.31. The van der Waals surface area contributed by atoms with E-state index in [1.807, 2.05) is 0 Å². The van der Waals surface area contributed by atoms with Gasteiger partial charge in [0.2, 0.25) is 0 Å². The molecule has 0 spiro atoms. The molecule has 27 heavy (non-hydrogen) atoms. The maximum absolute atomic E-state index is 11.7. The number of nitro groups is 1. The topological polar surface area (TPSA) is 127 Å². The van der Waals surface area contributed by atoms with Crippen LogP contribution in [0.2, 0.25) is 0 Å². The molecule has 0 N–H and O–H groups in total. The van der Waals surface area contributed by atoms with Crippen LogP contribution in [-0.4, -0.2) is 38.5 Å². The van der Waals surface area contributed by atoms with Crippen molar-refractivity contribution in [3.05, 3.63) is 51.6 Å². The maximum atomic E-state index is 11.7. The molecule has 3 rings (SSSR count). The van der Waals surface area contributed by atoms with Gasteiger partial charge in [0.1, 0.15) is 6.10 Å². The van der Waals surface area contributed by atoms with Gasteiger partial charge in [0.05, 0.1) is 17.0 Å². The summed E-state index contributed by atoms with van der Waals surface area (Å²) in [6.07, 6.45) is 1.37. The molecule has 0 radical (unpaired) electrons. The molecule has 2 aliphatic heterocycles. The van der Waals surface area contributed by atoms with Crippen LogP contribution >= 0.6 is 0 Å². The van der Waals surface area contributed by atoms with Crippen LogP contribution in [0.1, 0.15) is 37.0 Å². The first kappa shape index (κ1) is 18.4. The molecule has 1 aromatic carbocycles. The van der Waals surface area contributed by atoms with E-state index in [2.05, 4.69) is 0 Å². The van der Waals surface area contributed by atoms with Gasteiger partial charge in [0.15, 0.2) is 0 Å². The number of hydrogen-bond donors (Lipinski definition) is 0. The number of imide groups is 2. The van der Waals surface area contributed by atoms with Crippen molar-refractivity contribution in [2.24, 2.45) is 0 Å². The van der Waals surface area contributed by atoms with E-state index >= 15 is 0 Å². The minimum atomic E-state index is -0.973. The first-order valence-corrected chi connectivity index (χ1v) is 8.11. The van der Waals surface area contributed by atoms with Crippen LogP contribution in [0.4, 0.5) is 5.69 Å². The van der Waals surface area contributed by atoms with E-state index in [1.165, 1.54) is 25.1 Å². The van der Waals surface area contributed by atoms with Crippen LogP contribution in [0.25, 0.3) is 0 Å². The molecule has 0 aliphatic carbocycles. The summed E-state index contributed by atoms with van der Waals surface area (Å²) in [6.45, 7) is 1.41. The summed E-state index contributed by atoms with van der Waals surface area (Å²) >= 11 is 0. The number of carbonyl (C=O) groups is 4. The lowest BCUT2D eigenvalue weighted by Crippen LogP contribution is -2.31. The number of amides is 4. The Labute approximate surface area is 153 Å². The lowest BCUT2D eigenvalue weighted by atomic mass is 10.0. The van der Waals surface area contributed by atoms with Crippen molar-refractivity contribution in [3.8, 4) is 0 Å². The van der Waals surface area contributed by atoms with Gasteiger partial charge in [0.25, 0.3) is 29.3 Å². The molecular weight excluding hydrogens is 358 g/mol. The van der Waals surface area contributed by atoms with E-state index < -0.39 is 34.7 Å². The zero-order chi connectivity index (χ0) is 19.7. The van der Waals surface area contributed by atoms with Gasteiger partial charge in [-0.05, 0) is 18.6 Å². The van der Waals surface area contributed by atoms with Crippen molar-refractivity contribution in [1.82, 2.24) is 9.96 Å². The van der Waals surface area contributed by atoms with Crippen molar-refractivity contribution in [3.63, 3.8) is 0 Å². The third-order valence-electron chi connectivity index (χ3n) is 4.24. The van der Waals surface area contributed by atoms with Gasteiger partial charge in [0, 0.05) is 31.1 Å². The summed E-state index contributed by atoms with van der Waals surface area (Å²) in [5, 5.41) is 11.9. The Kier molecular flexibility index (Phi) is 4.82. The monoisotopic (exact) mass is 373 g/mol. The summed E-state index contributed by atoms with van der Waals surface area (Å²) < 4.78 is 0. The number of hydroxylamine groups is 2. The fourth-order valence-corrected chi connectivity index (χ4v) is 2.85. The molecule has 0 bridgehead atoms. The highest BCUT2D eigenvalue weighted by molar-refractivity contribution is 6.12. The highest BCUT2D eigenvalue weighted by atomic mass is 16.7. The fourth-order valence-electron chi connectivity index (χ4n) is 2.85. The normalized spacial score (nSPS) is 18.0. The molecule has 2 heterocycles. The number of nitro benzene ring substituents is 1. The van der Waals surface area contributed by atoms with Crippen LogP contribution in [0, 0.1) is 10.1 Å². The third-order valence-corrected chi connectivity index (χ3v) is 4.24. The van der Waals surface area contributed by atoms with Gasteiger partial charge < -0.3 is 0 Å². The Hall–Kier alpha value is -3.40. The number of rotatable bonds is 6. The summed E-state index contributed by atoms with van der Waals surface area (Å²) in [5.41, 5.74) is 0.329. The molecular formula is C17H15N3O7. The Morgan fingerprint density at radius 3 is 2.26 bits per heavy atom. The Morgan fingerprint density at radius 2 is 1.70 bits per heavy atom. The second kappa shape index (κ2) is 7.08. The highest BCUT2D eigenvalue weighted by Gasteiger charge is 2.33. The number of nitrogens with zero attached hydrogens (tertiary/aromatic N) is 3. The minimum Gasteiger partial charge on any atom is -0.272 e. The van der Waals surface area contributed by atoms with Crippen molar-refractivity contribution in [2.45, 2.75) is 32.4 Å². The van der Waals surface area contributed by atoms with Gasteiger partial charge in [-0.2, -0.15) is 5.06 Å². The van der Waals surface area contributed by atoms with Gasteiger partial charge in [-0.25, -0.2) is 0 Å². The quantitative estimate of drug-likeness (QED) is 0.416. The molecule has 140 valence electrons. The Balaban J connectivity index is 1.86. The fraction of sp³-hybridized carbons (Fsp3) is 0.294. The van der Waals surface area contributed by atoms with Crippen LogP contribution in [-0.2, 0) is 30.6 Å². The third kappa shape index (κ3) is 3.60. The number of benzene rings is 1. The Morgan fingerprint density at radius 1 is 1.11 bits per heavy atom. The molecule has 2 aliphatic rings. The smallest absolute Gasteiger partial charge is 0.272 e. The summed E-state index contributed by atoms with van der Waals surface area (Å²) in [6, 6.07) is 4.09. The van der Waals surface area contributed by atoms with Gasteiger partial charge in [-0.3, -0.25) is 39.0 Å². The van der Waals surface area contributed by atoms with Crippen molar-refractivity contribution in [1.29, 1.82) is 0 Å². The number of carbonyl (C=O) groups excluding carboxylic acids is 4. The summed E-state index contributed by atoms with van der Waals surface area (Å²) in [4.78, 5) is 63.8. The predicted octanol–water partition coefficient (Wildman–Crippen LogP) is 1.16. The van der Waals surface area contributed by atoms with E-state index in [-0.39, 0.29) is 30.6 Å². The zero-order valence-electron chi connectivity index (χ0n) is 14.3. The van der Waals surface area contributed by atoms with Crippen LogP contribution in [0.15, 0.2) is 30.4 Å². The first-order valence-electron chi connectivity index (χ1n) is 8.11. The predicted molar refractivity (Wildman–Crippen MR) is 88.4 cm³/mol. The largest absolute Gasteiger partial charge is 0.275 e. The Bertz CT molecular complexity index is 859. The molecule has 0 saturated carbocycles. The maximum Gasteiger partial charge on any atom is 0.275 e. The van der Waals surface area contributed by atoms with Crippen molar-refractivity contribution < 1.29 is 28.9 Å². The molecule has 0 aromatic heterocycles. The standard InChI is InChI=1S/C17H15N3O7/c1-10(27-19-16(23)6-7-17(19)24)12-8-11(2-3-13(12)20(25)26)9-18-14(21)4-5-15(18)22/h2-5,8,10H,6-7,9H2,1H3. The molecule has 1 aromatic rings. The van der Waals surface area contributed by atoms with E-state index in [1.54, 1.807) is 0 Å². The molecule has 1 atom stereocenters. The molecule has 1 saturated heterocycles. The van der Waals surface area contributed by atoms with Crippen LogP contribution in [0.3, 0.4) is 0 Å². The van der Waals surface area contributed by atoms with Crippen LogP contribution < -0.4 is 0 Å². The van der Waals surface area contributed by atoms with Gasteiger partial charge in [-0.1, -0.05) is 6.07 Å². The second-order valence-corrected chi connectivity index (χ2v) is 6.08. The van der Waals surface area contributed by atoms with Gasteiger partial charge >= 0.3 is 0 Å². The molecule has 10 nitrogen and oxygen atoms in total. The molecule has 1 unspecified atom stereocenters. The van der Waals surface area contributed by atoms with E-state index in [0.717, 1.165) is 17.1 Å². The van der Waals surface area contributed by atoms with Gasteiger partial charge in [-0.15, -0.1) is 0 Å². The van der Waals surface area contributed by atoms with E-state index in [4.69, 9.17) is 4.84 Å². The van der Waals surface area contributed by atoms with E-state index in [9.17, 15) is 29.3 Å². The summed E-state index contributed by atoms with van der Waals surface area (Å²) in [7, 11) is 0. The first-order chi connectivity index (χ1) is 12.8. The molecule has 4 amide bonds. The molecule has 10 heteroatoms. The second-order valence-electron chi connectivity index (χ2n) is 6.08. The average molecular weight is 373 g/mol. The van der Waals surface area contributed by atoms with Crippen molar-refractivity contribution in [2.75, 3.05) is 0 Å². The lowest BCUT2D eigenvalue weighted by Gasteiger charge is -2.20. The zero-order valence-corrected chi connectivity index (χ0v) is 14.3. The minimum absolute atomic E-state index is 0.0276. The van der Waals surface area contributed by atoms with E-state index in [0.29, 0.717) is 10.6 Å². The van der Waals surface area contributed by atoms with Crippen LogP contribution in [0.5, 0.6) is 0 Å². The lowest BCUT2D eigenvalue weighted by molar-refractivity contribution is -0.386. The SMILES string of the molecule is CC(ON1C(=O)CCC1=O)c1cc(CN2C(=O)C=CC2=O)ccc1[N+](=O)[O-]. The number of hydrogen-bond acceptors (Lipinski definition) is 7. The molecule has 1 fully saturated rings. The van der Waals surface area contributed by atoms with Crippen molar-refractivity contribution >= 4 is 29.3 Å². The average Bonchev–Trinajstić information content (AvgIpc) is 3.11.